The number of aromatic amines is 1. The molecule has 0 unspecified atom stereocenters. The Balaban J connectivity index is 0.000000236. The first-order valence-electron chi connectivity index (χ1n) is 9.56. The second kappa shape index (κ2) is 9.43. The number of anilines is 2. The van der Waals surface area contributed by atoms with Crippen LogP contribution in [0.25, 0.3) is 0 Å². The summed E-state index contributed by atoms with van der Waals surface area (Å²) in [6.45, 7) is 7.38. The third kappa shape index (κ3) is 5.36. The minimum absolute atomic E-state index is 0.00966. The van der Waals surface area contributed by atoms with Gasteiger partial charge in [-0.15, -0.1) is 0 Å². The van der Waals surface area contributed by atoms with E-state index in [1.165, 1.54) is 24.8 Å². The topological polar surface area (TPSA) is 48.6 Å². The van der Waals surface area contributed by atoms with E-state index in [-0.39, 0.29) is 5.56 Å². The molecule has 0 saturated carbocycles. The number of H-pyrrole nitrogens is 1. The van der Waals surface area contributed by atoms with Crippen LogP contribution in [0, 0.1) is 6.92 Å². The van der Waals surface area contributed by atoms with Crippen molar-refractivity contribution in [2.75, 3.05) is 49.2 Å². The van der Waals surface area contributed by atoms with E-state index in [0.29, 0.717) is 0 Å². The molecule has 140 valence electrons. The fraction of sp³-hybridized carbons (Fsp3) is 0.476. The van der Waals surface area contributed by atoms with Gasteiger partial charge in [-0.3, -0.25) is 4.79 Å². The zero-order chi connectivity index (χ0) is 18.2. The van der Waals surface area contributed by atoms with Gasteiger partial charge in [0.05, 0.1) is 13.2 Å². The van der Waals surface area contributed by atoms with Crippen LogP contribution in [0.5, 0.6) is 0 Å². The lowest BCUT2D eigenvalue weighted by Crippen LogP contribution is -2.37. The summed E-state index contributed by atoms with van der Waals surface area (Å²) in [4.78, 5) is 19.3. The summed E-state index contributed by atoms with van der Waals surface area (Å²) < 4.78 is 5.36. The van der Waals surface area contributed by atoms with Gasteiger partial charge in [0.25, 0.3) is 5.56 Å². The number of morpholine rings is 1. The molecule has 1 aromatic carbocycles. The van der Waals surface area contributed by atoms with Gasteiger partial charge >= 0.3 is 0 Å². The van der Waals surface area contributed by atoms with Crippen LogP contribution in [0.3, 0.4) is 0 Å². The van der Waals surface area contributed by atoms with Crippen LogP contribution < -0.4 is 15.4 Å². The minimum Gasteiger partial charge on any atom is -0.378 e. The second-order valence-electron chi connectivity index (χ2n) is 6.89. The summed E-state index contributed by atoms with van der Waals surface area (Å²) in [6.07, 6.45) is 3.72. The minimum atomic E-state index is -0.00966. The fourth-order valence-corrected chi connectivity index (χ4v) is 3.36. The lowest BCUT2D eigenvalue weighted by atomic mass is 10.1. The third-order valence-corrected chi connectivity index (χ3v) is 4.83. The van der Waals surface area contributed by atoms with E-state index in [1.807, 2.05) is 18.2 Å². The summed E-state index contributed by atoms with van der Waals surface area (Å²) in [5, 5.41) is 0. The molecule has 1 aromatic heterocycles. The number of nitrogens with one attached hydrogen (secondary N) is 1. The number of nitrogens with zero attached hydrogens (tertiary/aromatic N) is 2. The van der Waals surface area contributed by atoms with Gasteiger partial charge in [-0.2, -0.15) is 0 Å². The monoisotopic (exact) mass is 355 g/mol. The van der Waals surface area contributed by atoms with Crippen molar-refractivity contribution in [1.82, 2.24) is 4.98 Å². The van der Waals surface area contributed by atoms with E-state index in [0.717, 1.165) is 50.9 Å². The van der Waals surface area contributed by atoms with E-state index >= 15 is 0 Å². The van der Waals surface area contributed by atoms with Gasteiger partial charge < -0.3 is 19.5 Å². The largest absolute Gasteiger partial charge is 0.378 e. The van der Waals surface area contributed by atoms with Crippen molar-refractivity contribution in [1.29, 1.82) is 0 Å². The number of benzene rings is 1. The average Bonchev–Trinajstić information content (AvgIpc) is 2.70. The third-order valence-electron chi connectivity index (χ3n) is 4.83. The number of aryl methyl sites for hydroxylation is 1. The molecule has 26 heavy (non-hydrogen) atoms. The first-order valence-corrected chi connectivity index (χ1v) is 9.56. The number of piperidine rings is 1. The predicted octanol–water partition coefficient (Wildman–Crippen LogP) is 3.20. The Labute approximate surface area is 155 Å². The second-order valence-corrected chi connectivity index (χ2v) is 6.89. The zero-order valence-electron chi connectivity index (χ0n) is 15.6. The molecular weight excluding hydrogens is 326 g/mol. The highest BCUT2D eigenvalue weighted by atomic mass is 16.5. The Bertz CT molecular complexity index is 678. The molecule has 0 aliphatic carbocycles. The van der Waals surface area contributed by atoms with Crippen LogP contribution in [0.1, 0.15) is 24.8 Å². The summed E-state index contributed by atoms with van der Waals surface area (Å²) in [5.74, 6) is 0.966. The molecule has 5 heteroatoms. The van der Waals surface area contributed by atoms with E-state index in [2.05, 4.69) is 39.9 Å². The molecule has 0 atom stereocenters. The summed E-state index contributed by atoms with van der Waals surface area (Å²) in [5.41, 5.74) is 2.33. The molecule has 2 aliphatic rings. The lowest BCUT2D eigenvalue weighted by Gasteiger charge is -2.31. The summed E-state index contributed by atoms with van der Waals surface area (Å²) in [6, 6.07) is 14.1. The van der Waals surface area contributed by atoms with Crippen molar-refractivity contribution in [3.63, 3.8) is 0 Å². The van der Waals surface area contributed by atoms with Gasteiger partial charge in [0.15, 0.2) is 0 Å². The van der Waals surface area contributed by atoms with Crippen molar-refractivity contribution in [3.05, 3.63) is 58.4 Å². The Morgan fingerprint density at radius 2 is 1.58 bits per heavy atom. The van der Waals surface area contributed by atoms with Crippen molar-refractivity contribution in [3.8, 4) is 0 Å². The molecule has 5 nitrogen and oxygen atoms in total. The maximum atomic E-state index is 11.9. The Morgan fingerprint density at radius 1 is 0.885 bits per heavy atom. The lowest BCUT2D eigenvalue weighted by molar-refractivity contribution is 0.122. The van der Waals surface area contributed by atoms with E-state index < -0.39 is 0 Å². The first-order chi connectivity index (χ1) is 12.7. The molecule has 2 saturated heterocycles. The fourth-order valence-electron chi connectivity index (χ4n) is 3.36. The number of hydrogen-bond donors (Lipinski definition) is 1. The normalized spacial score (nSPS) is 17.4. The molecule has 2 aromatic rings. The molecule has 0 radical (unpaired) electrons. The molecule has 2 aliphatic heterocycles. The number of pyridine rings is 1. The molecular formula is C21H29N3O2. The van der Waals surface area contributed by atoms with Gasteiger partial charge in [0.2, 0.25) is 0 Å². The van der Waals surface area contributed by atoms with Crippen molar-refractivity contribution in [2.24, 2.45) is 0 Å². The van der Waals surface area contributed by atoms with Crippen LogP contribution in [-0.4, -0.2) is 44.4 Å². The molecule has 3 heterocycles. The first kappa shape index (κ1) is 18.5. The standard InChI is InChI=1S/C14H21N3O2.C7H8/c18-14-11-12(16-6-8-19-9-7-16)10-13(15-14)17-4-2-1-3-5-17;1-7-5-3-2-4-6-7/h10-11H,1-9H2,(H,15,18);2-6H,1H3. The average molecular weight is 355 g/mol. The highest BCUT2D eigenvalue weighted by Gasteiger charge is 2.16. The number of hydrogen-bond acceptors (Lipinski definition) is 4. The highest BCUT2D eigenvalue weighted by molar-refractivity contribution is 5.55. The molecule has 4 rings (SSSR count). The maximum Gasteiger partial charge on any atom is 0.251 e. The quantitative estimate of drug-likeness (QED) is 0.899. The van der Waals surface area contributed by atoms with Crippen molar-refractivity contribution >= 4 is 11.5 Å². The van der Waals surface area contributed by atoms with Crippen LogP contribution in [-0.2, 0) is 4.74 Å². The number of aromatic nitrogens is 1. The predicted molar refractivity (Wildman–Crippen MR) is 107 cm³/mol. The summed E-state index contributed by atoms with van der Waals surface area (Å²) >= 11 is 0. The van der Waals surface area contributed by atoms with E-state index in [4.69, 9.17) is 4.74 Å². The van der Waals surface area contributed by atoms with E-state index in [1.54, 1.807) is 6.07 Å². The highest BCUT2D eigenvalue weighted by Crippen LogP contribution is 2.22. The maximum absolute atomic E-state index is 11.9. The van der Waals surface area contributed by atoms with Crippen molar-refractivity contribution in [2.45, 2.75) is 26.2 Å². The molecule has 1 N–H and O–H groups in total. The molecule has 0 amide bonds. The smallest absolute Gasteiger partial charge is 0.251 e. The Kier molecular flexibility index (Phi) is 6.72. The van der Waals surface area contributed by atoms with Gasteiger partial charge in [-0.25, -0.2) is 0 Å². The van der Waals surface area contributed by atoms with Gasteiger partial charge in [0, 0.05) is 44.0 Å². The van der Waals surface area contributed by atoms with E-state index in [9.17, 15) is 4.79 Å². The van der Waals surface area contributed by atoms with Gasteiger partial charge in [0.1, 0.15) is 5.82 Å². The zero-order valence-corrected chi connectivity index (χ0v) is 15.6. The van der Waals surface area contributed by atoms with Gasteiger partial charge in [-0.1, -0.05) is 35.9 Å². The number of rotatable bonds is 2. The Hall–Kier alpha value is -2.27. The number of ether oxygens (including phenoxy) is 1. The Morgan fingerprint density at radius 3 is 2.19 bits per heavy atom. The van der Waals surface area contributed by atoms with Crippen molar-refractivity contribution < 1.29 is 4.74 Å². The molecule has 0 spiro atoms. The van der Waals surface area contributed by atoms with Crippen LogP contribution in [0.4, 0.5) is 11.5 Å². The SMILES string of the molecule is Cc1ccccc1.O=c1cc(N2CCOCC2)cc(N2CCCCC2)[nH]1. The molecule has 2 fully saturated rings. The van der Waals surface area contributed by atoms with Crippen LogP contribution in [0.15, 0.2) is 47.3 Å². The van der Waals surface area contributed by atoms with Crippen LogP contribution in [0.2, 0.25) is 0 Å². The molecule has 0 bridgehead atoms. The summed E-state index contributed by atoms with van der Waals surface area (Å²) in [7, 11) is 0. The van der Waals surface area contributed by atoms with Gasteiger partial charge in [-0.05, 0) is 26.2 Å². The van der Waals surface area contributed by atoms with Crippen LogP contribution >= 0.6 is 0 Å².